The lowest BCUT2D eigenvalue weighted by molar-refractivity contribution is 0.00973. The van der Waals surface area contributed by atoms with Gasteiger partial charge in [-0.05, 0) is 20.3 Å². The highest BCUT2D eigenvalue weighted by Gasteiger charge is 2.39. The van der Waals surface area contributed by atoms with E-state index in [-0.39, 0.29) is 0 Å². The van der Waals surface area contributed by atoms with Crippen molar-refractivity contribution in [3.8, 4) is 0 Å². The summed E-state index contributed by atoms with van der Waals surface area (Å²) in [5.41, 5.74) is 4.90. The van der Waals surface area contributed by atoms with Crippen molar-refractivity contribution in [2.75, 3.05) is 20.3 Å². The van der Waals surface area contributed by atoms with Crippen LogP contribution in [0.25, 0.3) is 0 Å². The lowest BCUT2D eigenvalue weighted by Crippen LogP contribution is -2.37. The van der Waals surface area contributed by atoms with E-state index in [9.17, 15) is 0 Å². The first kappa shape index (κ1) is 11.5. The molecule has 2 heterocycles. The first-order valence-electron chi connectivity index (χ1n) is 5.24. The van der Waals surface area contributed by atoms with E-state index < -0.39 is 11.1 Å². The van der Waals surface area contributed by atoms with Crippen molar-refractivity contribution in [2.45, 2.75) is 31.4 Å². The molecule has 2 N–H and O–H groups in total. The van der Waals surface area contributed by atoms with Gasteiger partial charge in [-0.2, -0.15) is 4.98 Å². The van der Waals surface area contributed by atoms with Crippen LogP contribution in [0.4, 0.5) is 0 Å². The first-order valence-corrected chi connectivity index (χ1v) is 5.24. The fraction of sp³-hybridized carbons (Fsp3) is 0.800. The SMILES string of the molecule is COC(C)(C)c1noc(C2(N)CCOC2)n1. The van der Waals surface area contributed by atoms with Gasteiger partial charge in [-0.25, -0.2) is 0 Å². The highest BCUT2D eigenvalue weighted by molar-refractivity contribution is 5.07. The Hall–Kier alpha value is -0.980. The molecule has 1 aromatic heterocycles. The molecule has 0 saturated carbocycles. The van der Waals surface area contributed by atoms with Gasteiger partial charge in [0.25, 0.3) is 0 Å². The summed E-state index contributed by atoms with van der Waals surface area (Å²) in [6.07, 6.45) is 0.696. The molecule has 1 aliphatic heterocycles. The largest absolute Gasteiger partial charge is 0.379 e. The molecular formula is C10H17N3O3. The van der Waals surface area contributed by atoms with Crippen LogP contribution < -0.4 is 5.73 Å². The molecule has 2 rings (SSSR count). The average molecular weight is 227 g/mol. The zero-order valence-corrected chi connectivity index (χ0v) is 9.82. The van der Waals surface area contributed by atoms with Crippen LogP contribution in [0.2, 0.25) is 0 Å². The van der Waals surface area contributed by atoms with Crippen LogP contribution in [0.1, 0.15) is 32.0 Å². The molecular weight excluding hydrogens is 210 g/mol. The van der Waals surface area contributed by atoms with Gasteiger partial charge in [0.2, 0.25) is 11.7 Å². The third-order valence-corrected chi connectivity index (χ3v) is 2.95. The Morgan fingerprint density at radius 3 is 2.81 bits per heavy atom. The van der Waals surface area contributed by atoms with Crippen molar-refractivity contribution in [3.63, 3.8) is 0 Å². The van der Waals surface area contributed by atoms with E-state index in [2.05, 4.69) is 10.1 Å². The minimum absolute atomic E-state index is 0.419. The number of rotatable bonds is 3. The van der Waals surface area contributed by atoms with E-state index in [0.29, 0.717) is 31.3 Å². The predicted octanol–water partition coefficient (Wildman–Crippen LogP) is 0.525. The summed E-state index contributed by atoms with van der Waals surface area (Å²) >= 11 is 0. The molecule has 0 aromatic carbocycles. The van der Waals surface area contributed by atoms with Crippen LogP contribution in [0.15, 0.2) is 4.52 Å². The van der Waals surface area contributed by atoms with Gasteiger partial charge in [0.15, 0.2) is 0 Å². The van der Waals surface area contributed by atoms with Gasteiger partial charge in [0, 0.05) is 13.7 Å². The number of ether oxygens (including phenoxy) is 2. The van der Waals surface area contributed by atoms with E-state index >= 15 is 0 Å². The Morgan fingerprint density at radius 2 is 2.25 bits per heavy atom. The van der Waals surface area contributed by atoms with E-state index in [1.807, 2.05) is 13.8 Å². The molecule has 90 valence electrons. The van der Waals surface area contributed by atoms with Gasteiger partial charge in [-0.3, -0.25) is 0 Å². The highest BCUT2D eigenvalue weighted by Crippen LogP contribution is 2.28. The molecule has 0 radical (unpaired) electrons. The maximum absolute atomic E-state index is 6.12. The zero-order valence-electron chi connectivity index (χ0n) is 9.82. The van der Waals surface area contributed by atoms with Crippen LogP contribution in [0.3, 0.4) is 0 Å². The Balaban J connectivity index is 2.26. The topological polar surface area (TPSA) is 83.4 Å². The molecule has 0 spiro atoms. The summed E-state index contributed by atoms with van der Waals surface area (Å²) in [5.74, 6) is 0.923. The average Bonchev–Trinajstić information content (AvgIpc) is 2.86. The second-order valence-electron chi connectivity index (χ2n) is 4.60. The monoisotopic (exact) mass is 227 g/mol. The normalized spacial score (nSPS) is 26.2. The molecule has 6 heteroatoms. The molecule has 1 aromatic rings. The summed E-state index contributed by atoms with van der Waals surface area (Å²) in [7, 11) is 1.60. The molecule has 0 amide bonds. The first-order chi connectivity index (χ1) is 7.48. The Morgan fingerprint density at radius 1 is 1.50 bits per heavy atom. The van der Waals surface area contributed by atoms with Crippen LogP contribution in [-0.4, -0.2) is 30.5 Å². The van der Waals surface area contributed by atoms with Crippen LogP contribution in [0.5, 0.6) is 0 Å². The Kier molecular flexibility index (Phi) is 2.73. The van der Waals surface area contributed by atoms with Crippen molar-refractivity contribution in [2.24, 2.45) is 5.73 Å². The molecule has 0 bridgehead atoms. The van der Waals surface area contributed by atoms with E-state index in [1.165, 1.54) is 0 Å². The number of methoxy groups -OCH3 is 1. The maximum Gasteiger partial charge on any atom is 0.249 e. The third-order valence-electron chi connectivity index (χ3n) is 2.95. The van der Waals surface area contributed by atoms with Crippen molar-refractivity contribution < 1.29 is 14.0 Å². The minimum Gasteiger partial charge on any atom is -0.379 e. The van der Waals surface area contributed by atoms with Crippen molar-refractivity contribution in [3.05, 3.63) is 11.7 Å². The van der Waals surface area contributed by atoms with Gasteiger partial charge in [0.05, 0.1) is 6.61 Å². The quantitative estimate of drug-likeness (QED) is 0.810. The van der Waals surface area contributed by atoms with Crippen LogP contribution in [-0.2, 0) is 20.6 Å². The number of hydrogen-bond acceptors (Lipinski definition) is 6. The molecule has 1 saturated heterocycles. The van der Waals surface area contributed by atoms with E-state index in [1.54, 1.807) is 7.11 Å². The van der Waals surface area contributed by atoms with Gasteiger partial charge in [0.1, 0.15) is 11.1 Å². The zero-order chi connectivity index (χ0) is 11.8. The number of nitrogens with zero attached hydrogens (tertiary/aromatic N) is 2. The Labute approximate surface area is 94.1 Å². The minimum atomic E-state index is -0.644. The third kappa shape index (κ3) is 1.83. The lowest BCUT2D eigenvalue weighted by Gasteiger charge is -2.18. The number of nitrogens with two attached hydrogens (primary N) is 1. The van der Waals surface area contributed by atoms with Gasteiger partial charge in [-0.1, -0.05) is 5.16 Å². The van der Waals surface area contributed by atoms with E-state index in [0.717, 1.165) is 0 Å². The summed E-state index contributed by atoms with van der Waals surface area (Å²) in [6, 6.07) is 0. The summed E-state index contributed by atoms with van der Waals surface area (Å²) in [6.45, 7) is 4.79. The molecule has 1 atom stereocenters. The predicted molar refractivity (Wildman–Crippen MR) is 55.6 cm³/mol. The lowest BCUT2D eigenvalue weighted by atomic mass is 10.0. The molecule has 1 aliphatic rings. The second kappa shape index (κ2) is 3.80. The van der Waals surface area contributed by atoms with Gasteiger partial charge >= 0.3 is 0 Å². The second-order valence-corrected chi connectivity index (χ2v) is 4.60. The molecule has 16 heavy (non-hydrogen) atoms. The Bertz CT molecular complexity index is 369. The number of hydrogen-bond donors (Lipinski definition) is 1. The summed E-state index contributed by atoms with van der Waals surface area (Å²) in [5, 5.41) is 3.90. The standard InChI is InChI=1S/C10H17N3O3/c1-9(2,14-3)7-12-8(16-13-7)10(11)4-5-15-6-10/h4-6,11H2,1-3H3. The maximum atomic E-state index is 6.12. The molecule has 6 nitrogen and oxygen atoms in total. The fourth-order valence-electron chi connectivity index (χ4n) is 1.51. The highest BCUT2D eigenvalue weighted by atomic mass is 16.5. The fourth-order valence-corrected chi connectivity index (χ4v) is 1.51. The van der Waals surface area contributed by atoms with Crippen molar-refractivity contribution >= 4 is 0 Å². The van der Waals surface area contributed by atoms with E-state index in [4.69, 9.17) is 19.7 Å². The van der Waals surface area contributed by atoms with Crippen molar-refractivity contribution in [1.82, 2.24) is 10.1 Å². The molecule has 1 fully saturated rings. The summed E-state index contributed by atoms with van der Waals surface area (Å²) < 4.78 is 15.7. The number of aromatic nitrogens is 2. The smallest absolute Gasteiger partial charge is 0.249 e. The molecule has 1 unspecified atom stereocenters. The van der Waals surface area contributed by atoms with Gasteiger partial charge in [-0.15, -0.1) is 0 Å². The van der Waals surface area contributed by atoms with Crippen LogP contribution in [0, 0.1) is 0 Å². The molecule has 0 aliphatic carbocycles. The van der Waals surface area contributed by atoms with Gasteiger partial charge < -0.3 is 19.7 Å². The summed E-state index contributed by atoms with van der Waals surface area (Å²) in [4.78, 5) is 4.30. The van der Waals surface area contributed by atoms with Crippen molar-refractivity contribution in [1.29, 1.82) is 0 Å². The van der Waals surface area contributed by atoms with Crippen LogP contribution >= 0.6 is 0 Å².